The van der Waals surface area contributed by atoms with Crippen LogP contribution in [-0.2, 0) is 0 Å². The van der Waals surface area contributed by atoms with Crippen LogP contribution in [0.15, 0.2) is 194 Å². The molecule has 0 amide bonds. The van der Waals surface area contributed by atoms with E-state index < -0.39 is 0 Å². The van der Waals surface area contributed by atoms with Gasteiger partial charge in [-0.25, -0.2) is 9.97 Å². The fourth-order valence-electron chi connectivity index (χ4n) is 7.36. The van der Waals surface area contributed by atoms with Crippen LogP contribution >= 0.6 is 11.3 Å². The van der Waals surface area contributed by atoms with Gasteiger partial charge in [-0.3, -0.25) is 0 Å². The molecule has 0 fully saturated rings. The lowest BCUT2D eigenvalue weighted by atomic mass is 9.91. The van der Waals surface area contributed by atoms with Crippen molar-refractivity contribution in [1.82, 2.24) is 9.97 Å². The number of rotatable bonds is 6. The summed E-state index contributed by atoms with van der Waals surface area (Å²) >= 11 is 1.87. The normalized spacial score (nSPS) is 11.4. The maximum absolute atomic E-state index is 5.14. The highest BCUT2D eigenvalue weighted by molar-refractivity contribution is 7.25. The average molecular weight is 693 g/mol. The van der Waals surface area contributed by atoms with E-state index in [1.54, 1.807) is 0 Å². The highest BCUT2D eigenvalue weighted by Gasteiger charge is 2.15. The first-order valence-corrected chi connectivity index (χ1v) is 18.7. The van der Waals surface area contributed by atoms with E-state index >= 15 is 0 Å². The second kappa shape index (κ2) is 13.1. The molecule has 10 rings (SSSR count). The van der Waals surface area contributed by atoms with E-state index in [0.29, 0.717) is 5.82 Å². The smallest absolute Gasteiger partial charge is 0.160 e. The van der Waals surface area contributed by atoms with Gasteiger partial charge in [-0.05, 0) is 80.6 Å². The number of thiophene rings is 1. The Bertz CT molecular complexity index is 2860. The number of hydrogen-bond acceptors (Lipinski definition) is 3. The molecule has 0 bridgehead atoms. The summed E-state index contributed by atoms with van der Waals surface area (Å²) in [5.41, 5.74) is 12.0. The van der Waals surface area contributed by atoms with Gasteiger partial charge in [0, 0.05) is 36.9 Å². The molecule has 8 aromatic carbocycles. The lowest BCUT2D eigenvalue weighted by molar-refractivity contribution is 1.18. The molecule has 0 aliphatic carbocycles. The first-order chi connectivity index (χ1) is 26.2. The summed E-state index contributed by atoms with van der Waals surface area (Å²) in [4.78, 5) is 10.2. The molecule has 2 nitrogen and oxygen atoms in total. The molecule has 0 saturated heterocycles. The van der Waals surface area contributed by atoms with Crippen LogP contribution in [0.2, 0.25) is 0 Å². The highest BCUT2D eigenvalue weighted by Crippen LogP contribution is 2.40. The predicted molar refractivity (Wildman–Crippen MR) is 225 cm³/mol. The Morgan fingerprint density at radius 1 is 0.302 bits per heavy atom. The third-order valence-corrected chi connectivity index (χ3v) is 11.2. The van der Waals surface area contributed by atoms with Gasteiger partial charge in [0.05, 0.1) is 11.4 Å². The Morgan fingerprint density at radius 2 is 0.830 bits per heavy atom. The maximum atomic E-state index is 5.14. The molecule has 0 aliphatic heterocycles. The van der Waals surface area contributed by atoms with Crippen molar-refractivity contribution >= 4 is 42.3 Å². The van der Waals surface area contributed by atoms with Gasteiger partial charge in [0.2, 0.25) is 0 Å². The monoisotopic (exact) mass is 692 g/mol. The van der Waals surface area contributed by atoms with Crippen molar-refractivity contribution in [3.63, 3.8) is 0 Å². The van der Waals surface area contributed by atoms with Crippen LogP contribution < -0.4 is 0 Å². The topological polar surface area (TPSA) is 25.8 Å². The second-order valence-electron chi connectivity index (χ2n) is 13.4. The Hall–Kier alpha value is -6.68. The SMILES string of the molecule is c1ccc(-c2cc(-c3ccc(-c4ccccc4)c(-c4ccc(-c5ccc6sc7cc8ccccc8cc7c6c5)cc4)c3)nc(-c3ccccc3)n2)cc1. The Morgan fingerprint density at radius 3 is 1.55 bits per heavy atom. The molecule has 0 atom stereocenters. The van der Waals surface area contributed by atoms with Crippen molar-refractivity contribution in [1.29, 1.82) is 0 Å². The molecular weight excluding hydrogens is 661 g/mol. The van der Waals surface area contributed by atoms with Gasteiger partial charge in [0.15, 0.2) is 5.82 Å². The molecule has 10 aromatic rings. The van der Waals surface area contributed by atoms with Crippen LogP contribution in [0, 0.1) is 0 Å². The van der Waals surface area contributed by atoms with Gasteiger partial charge in [-0.15, -0.1) is 11.3 Å². The molecule has 0 unspecified atom stereocenters. The van der Waals surface area contributed by atoms with E-state index in [9.17, 15) is 0 Å². The van der Waals surface area contributed by atoms with E-state index in [4.69, 9.17) is 9.97 Å². The number of aromatic nitrogens is 2. The largest absolute Gasteiger partial charge is 0.228 e. The van der Waals surface area contributed by atoms with Crippen molar-refractivity contribution in [2.45, 2.75) is 0 Å². The summed E-state index contributed by atoms with van der Waals surface area (Å²) in [5, 5.41) is 5.20. The van der Waals surface area contributed by atoms with Crippen LogP contribution in [-0.4, -0.2) is 9.97 Å². The molecular formula is C50H32N2S. The number of fused-ring (bicyclic) bond motifs is 4. The zero-order chi connectivity index (χ0) is 35.1. The molecule has 0 radical (unpaired) electrons. The second-order valence-corrected chi connectivity index (χ2v) is 14.5. The fraction of sp³-hybridized carbons (Fsp3) is 0. The van der Waals surface area contributed by atoms with Gasteiger partial charge in [-0.1, -0.05) is 158 Å². The minimum absolute atomic E-state index is 0.712. The Labute approximate surface area is 312 Å². The van der Waals surface area contributed by atoms with E-state index in [-0.39, 0.29) is 0 Å². The van der Waals surface area contributed by atoms with Crippen molar-refractivity contribution < 1.29 is 0 Å². The summed E-state index contributed by atoms with van der Waals surface area (Å²) in [5.74, 6) is 0.712. The van der Waals surface area contributed by atoms with Gasteiger partial charge in [0.25, 0.3) is 0 Å². The Kier molecular flexibility index (Phi) is 7.71. The summed E-state index contributed by atoms with van der Waals surface area (Å²) in [7, 11) is 0. The molecule has 53 heavy (non-hydrogen) atoms. The molecule has 0 aliphatic rings. The quantitative estimate of drug-likeness (QED) is 0.173. The predicted octanol–water partition coefficient (Wildman–Crippen LogP) is 14.0. The number of hydrogen-bond donors (Lipinski definition) is 0. The van der Waals surface area contributed by atoms with Crippen LogP contribution in [0.25, 0.3) is 98.2 Å². The number of nitrogens with zero attached hydrogens (tertiary/aromatic N) is 2. The molecule has 248 valence electrons. The van der Waals surface area contributed by atoms with Crippen molar-refractivity contribution in [3.05, 3.63) is 194 Å². The molecule has 3 heteroatoms. The van der Waals surface area contributed by atoms with Crippen molar-refractivity contribution in [3.8, 4) is 67.3 Å². The molecule has 2 heterocycles. The zero-order valence-electron chi connectivity index (χ0n) is 28.8. The van der Waals surface area contributed by atoms with Gasteiger partial charge in [-0.2, -0.15) is 0 Å². The summed E-state index contributed by atoms with van der Waals surface area (Å²) < 4.78 is 2.64. The van der Waals surface area contributed by atoms with Crippen LogP contribution in [0.5, 0.6) is 0 Å². The lowest BCUT2D eigenvalue weighted by Crippen LogP contribution is -1.96. The van der Waals surface area contributed by atoms with E-state index in [0.717, 1.165) is 39.2 Å². The van der Waals surface area contributed by atoms with Crippen LogP contribution in [0.4, 0.5) is 0 Å². The lowest BCUT2D eigenvalue weighted by Gasteiger charge is -2.15. The molecule has 0 N–H and O–H groups in total. The van der Waals surface area contributed by atoms with E-state index in [1.807, 2.05) is 35.6 Å². The van der Waals surface area contributed by atoms with Crippen LogP contribution in [0.3, 0.4) is 0 Å². The molecule has 0 saturated carbocycles. The standard InChI is InChI=1S/C50H32N2S/c1-4-12-34(13-5-1)42-26-24-41(47-32-46(36-14-6-2-7-15-36)51-50(52-47)37-16-8-3-9-17-37)30-43(42)35-22-20-33(21-23-35)40-25-27-48-44(29-40)45-28-38-18-10-11-19-39(38)31-49(45)53-48/h1-32H. The fourth-order valence-corrected chi connectivity index (χ4v) is 8.48. The third-order valence-electron chi connectivity index (χ3n) is 10.1. The van der Waals surface area contributed by atoms with Gasteiger partial charge in [0.1, 0.15) is 0 Å². The Balaban J connectivity index is 1.08. The summed E-state index contributed by atoms with van der Waals surface area (Å²) in [6.07, 6.45) is 0. The maximum Gasteiger partial charge on any atom is 0.160 e. The third kappa shape index (κ3) is 5.87. The van der Waals surface area contributed by atoms with Crippen LogP contribution in [0.1, 0.15) is 0 Å². The van der Waals surface area contributed by atoms with Gasteiger partial charge >= 0.3 is 0 Å². The van der Waals surface area contributed by atoms with E-state index in [2.05, 4.69) is 170 Å². The minimum Gasteiger partial charge on any atom is -0.228 e. The summed E-state index contributed by atoms with van der Waals surface area (Å²) in [6, 6.07) is 69.3. The van der Waals surface area contributed by atoms with E-state index in [1.165, 1.54) is 53.2 Å². The summed E-state index contributed by atoms with van der Waals surface area (Å²) in [6.45, 7) is 0. The first kappa shape index (κ1) is 31.1. The highest BCUT2D eigenvalue weighted by atomic mass is 32.1. The molecule has 2 aromatic heterocycles. The van der Waals surface area contributed by atoms with Crippen molar-refractivity contribution in [2.75, 3.05) is 0 Å². The zero-order valence-corrected chi connectivity index (χ0v) is 29.6. The van der Waals surface area contributed by atoms with Crippen molar-refractivity contribution in [2.24, 2.45) is 0 Å². The average Bonchev–Trinajstić information content (AvgIpc) is 3.60. The van der Waals surface area contributed by atoms with Gasteiger partial charge < -0.3 is 0 Å². The number of benzene rings is 8. The first-order valence-electron chi connectivity index (χ1n) is 17.9. The molecule has 0 spiro atoms. The minimum atomic E-state index is 0.712.